The number of hydrogen-bond donors (Lipinski definition) is 0. The minimum Gasteiger partial charge on any atom is -0.331 e. The van der Waals surface area contributed by atoms with Crippen LogP contribution in [0.1, 0.15) is 90.0 Å². The van der Waals surface area contributed by atoms with Crippen molar-refractivity contribution in [2.45, 2.75) is 96.9 Å². The Morgan fingerprint density at radius 3 is 1.83 bits per heavy atom. The quantitative estimate of drug-likeness (QED) is 0.180. The molecule has 0 radical (unpaired) electrons. The zero-order chi connectivity index (χ0) is 22.2. The number of methoxy groups -OCH3 is 2. The van der Waals surface area contributed by atoms with Crippen molar-refractivity contribution < 1.29 is 23.0 Å². The molecule has 0 saturated heterocycles. The van der Waals surface area contributed by atoms with Crippen LogP contribution in [0.3, 0.4) is 0 Å². The summed E-state index contributed by atoms with van der Waals surface area (Å²) in [6.45, 7) is 4.71. The van der Waals surface area contributed by atoms with Gasteiger partial charge in [-0.25, -0.2) is 8.78 Å². The second-order valence-electron chi connectivity index (χ2n) is 8.08. The zero-order valence-electron chi connectivity index (χ0n) is 19.5. The third kappa shape index (κ3) is 9.84. The molecular formula is C25H42F2O3. The third-order valence-electron chi connectivity index (χ3n) is 5.76. The zero-order valence-corrected chi connectivity index (χ0v) is 19.5. The first-order valence-electron chi connectivity index (χ1n) is 11.7. The lowest BCUT2D eigenvalue weighted by Crippen LogP contribution is -2.45. The fourth-order valence-electron chi connectivity index (χ4n) is 4.17. The van der Waals surface area contributed by atoms with Gasteiger partial charge in [-0.1, -0.05) is 58.3 Å². The summed E-state index contributed by atoms with van der Waals surface area (Å²) in [4.78, 5) is 0. The number of unbranched alkanes of at least 4 members (excludes halogenated alkanes) is 7. The average Bonchev–Trinajstić information content (AvgIpc) is 2.72. The predicted molar refractivity (Wildman–Crippen MR) is 118 cm³/mol. The fourth-order valence-corrected chi connectivity index (χ4v) is 4.17. The van der Waals surface area contributed by atoms with Crippen LogP contribution >= 0.6 is 0 Å². The molecule has 0 saturated carbocycles. The second kappa shape index (κ2) is 15.7. The maximum Gasteiger partial charge on any atom is 0.285 e. The molecule has 0 aliphatic rings. The normalized spacial score (nSPS) is 13.0. The van der Waals surface area contributed by atoms with Crippen LogP contribution < -0.4 is 0 Å². The van der Waals surface area contributed by atoms with E-state index in [1.54, 1.807) is 14.2 Å². The number of halogens is 2. The van der Waals surface area contributed by atoms with E-state index in [9.17, 15) is 8.78 Å². The Kier molecular flexibility index (Phi) is 14.1. The van der Waals surface area contributed by atoms with Gasteiger partial charge < -0.3 is 14.2 Å². The van der Waals surface area contributed by atoms with Crippen LogP contribution in [0.25, 0.3) is 0 Å². The van der Waals surface area contributed by atoms with Gasteiger partial charge in [0.1, 0.15) is 11.6 Å². The van der Waals surface area contributed by atoms with Gasteiger partial charge in [0.15, 0.2) is 0 Å². The van der Waals surface area contributed by atoms with Crippen molar-refractivity contribution in [3.8, 4) is 0 Å². The number of rotatable bonds is 18. The van der Waals surface area contributed by atoms with Gasteiger partial charge in [-0.2, -0.15) is 0 Å². The first kappa shape index (κ1) is 27.0. The monoisotopic (exact) mass is 428 g/mol. The standard InChI is InChI=1S/C25H42F2O3/c1-5-7-8-9-10-13-16-22(25(28-3,29-4)30-6-2)17-14-11-12-15-21-18-23(26)20-24(27)19-21/h18-20,22H,5-17H2,1-4H3. The van der Waals surface area contributed by atoms with E-state index in [-0.39, 0.29) is 5.92 Å². The second-order valence-corrected chi connectivity index (χ2v) is 8.08. The highest BCUT2D eigenvalue weighted by Gasteiger charge is 2.39. The lowest BCUT2D eigenvalue weighted by molar-refractivity contribution is -0.388. The summed E-state index contributed by atoms with van der Waals surface area (Å²) < 4.78 is 44.0. The van der Waals surface area contributed by atoms with Gasteiger partial charge in [0, 0.05) is 32.8 Å². The van der Waals surface area contributed by atoms with Gasteiger partial charge in [-0.05, 0) is 50.3 Å². The largest absolute Gasteiger partial charge is 0.331 e. The van der Waals surface area contributed by atoms with E-state index in [1.165, 1.54) is 44.2 Å². The molecule has 174 valence electrons. The molecule has 0 N–H and O–H groups in total. The molecule has 1 rings (SSSR count). The highest BCUT2D eigenvalue weighted by Crippen LogP contribution is 2.33. The van der Waals surface area contributed by atoms with Crippen molar-refractivity contribution in [1.82, 2.24) is 0 Å². The van der Waals surface area contributed by atoms with Gasteiger partial charge in [0.25, 0.3) is 5.97 Å². The highest BCUT2D eigenvalue weighted by molar-refractivity contribution is 5.17. The number of hydrogen-bond acceptors (Lipinski definition) is 3. The summed E-state index contributed by atoms with van der Waals surface area (Å²) in [7, 11) is 3.29. The van der Waals surface area contributed by atoms with E-state index in [4.69, 9.17) is 14.2 Å². The Bertz CT molecular complexity index is 541. The van der Waals surface area contributed by atoms with Crippen LogP contribution in [0.2, 0.25) is 0 Å². The average molecular weight is 429 g/mol. The van der Waals surface area contributed by atoms with Crippen LogP contribution in [-0.4, -0.2) is 26.8 Å². The van der Waals surface area contributed by atoms with Crippen LogP contribution in [0, 0.1) is 17.6 Å². The van der Waals surface area contributed by atoms with Crippen molar-refractivity contribution in [2.75, 3.05) is 20.8 Å². The minimum atomic E-state index is -0.996. The lowest BCUT2D eigenvalue weighted by atomic mass is 9.91. The number of benzene rings is 1. The van der Waals surface area contributed by atoms with Crippen LogP contribution in [-0.2, 0) is 20.6 Å². The van der Waals surface area contributed by atoms with Gasteiger partial charge >= 0.3 is 0 Å². The van der Waals surface area contributed by atoms with Crippen LogP contribution in [0.5, 0.6) is 0 Å². The molecule has 0 amide bonds. The Morgan fingerprint density at radius 2 is 1.30 bits per heavy atom. The Morgan fingerprint density at radius 1 is 0.767 bits per heavy atom. The molecule has 0 aliphatic heterocycles. The Hall–Kier alpha value is -1.04. The molecule has 0 aromatic heterocycles. The summed E-state index contributed by atoms with van der Waals surface area (Å²) in [5, 5.41) is 0. The summed E-state index contributed by atoms with van der Waals surface area (Å²) in [5.74, 6) is -1.86. The third-order valence-corrected chi connectivity index (χ3v) is 5.76. The SMILES string of the molecule is CCCCCCCCC(CCCCCc1cc(F)cc(F)c1)C(OC)(OC)OCC. The Labute approximate surface area is 182 Å². The van der Waals surface area contributed by atoms with E-state index in [2.05, 4.69) is 6.92 Å². The molecule has 1 aromatic carbocycles. The molecule has 0 bridgehead atoms. The molecule has 3 nitrogen and oxygen atoms in total. The molecule has 0 spiro atoms. The molecule has 0 fully saturated rings. The van der Waals surface area contributed by atoms with E-state index in [0.717, 1.165) is 44.6 Å². The van der Waals surface area contributed by atoms with Crippen molar-refractivity contribution in [3.63, 3.8) is 0 Å². The smallest absolute Gasteiger partial charge is 0.285 e. The summed E-state index contributed by atoms with van der Waals surface area (Å²) >= 11 is 0. The van der Waals surface area contributed by atoms with E-state index in [0.29, 0.717) is 18.6 Å². The molecule has 0 aliphatic carbocycles. The van der Waals surface area contributed by atoms with Crippen LogP contribution in [0.15, 0.2) is 18.2 Å². The van der Waals surface area contributed by atoms with Gasteiger partial charge in [0.05, 0.1) is 0 Å². The maximum atomic E-state index is 13.3. The summed E-state index contributed by atoms with van der Waals surface area (Å²) in [6.07, 6.45) is 13.0. The fraction of sp³-hybridized carbons (Fsp3) is 0.760. The van der Waals surface area contributed by atoms with Gasteiger partial charge in [-0.15, -0.1) is 0 Å². The molecule has 0 heterocycles. The predicted octanol–water partition coefficient (Wildman–Crippen LogP) is 7.42. The van der Waals surface area contributed by atoms with Crippen LogP contribution in [0.4, 0.5) is 8.78 Å². The number of aryl methyl sites for hydroxylation is 1. The Balaban J connectivity index is 2.52. The summed E-state index contributed by atoms with van der Waals surface area (Å²) in [5.41, 5.74) is 0.716. The minimum absolute atomic E-state index is 0.158. The lowest BCUT2D eigenvalue weighted by Gasteiger charge is -2.37. The first-order chi connectivity index (χ1) is 14.5. The van der Waals surface area contributed by atoms with Crippen molar-refractivity contribution in [1.29, 1.82) is 0 Å². The van der Waals surface area contributed by atoms with Crippen molar-refractivity contribution in [2.24, 2.45) is 5.92 Å². The topological polar surface area (TPSA) is 27.7 Å². The van der Waals surface area contributed by atoms with Gasteiger partial charge in [0.2, 0.25) is 0 Å². The van der Waals surface area contributed by atoms with E-state index in [1.807, 2.05) is 6.92 Å². The van der Waals surface area contributed by atoms with Crippen molar-refractivity contribution >= 4 is 0 Å². The van der Waals surface area contributed by atoms with Gasteiger partial charge in [-0.3, -0.25) is 0 Å². The first-order valence-corrected chi connectivity index (χ1v) is 11.7. The summed E-state index contributed by atoms with van der Waals surface area (Å²) in [6, 6.07) is 3.75. The van der Waals surface area contributed by atoms with E-state index < -0.39 is 17.6 Å². The number of ether oxygens (including phenoxy) is 3. The molecule has 5 heteroatoms. The molecule has 30 heavy (non-hydrogen) atoms. The van der Waals surface area contributed by atoms with E-state index >= 15 is 0 Å². The molecule has 1 atom stereocenters. The maximum absolute atomic E-state index is 13.3. The molecular weight excluding hydrogens is 386 g/mol. The molecule has 1 unspecified atom stereocenters. The molecule has 1 aromatic rings. The van der Waals surface area contributed by atoms with Crippen molar-refractivity contribution in [3.05, 3.63) is 35.4 Å². The highest BCUT2D eigenvalue weighted by atomic mass is 19.1.